The van der Waals surface area contributed by atoms with Crippen molar-refractivity contribution in [2.75, 3.05) is 5.32 Å². The van der Waals surface area contributed by atoms with Crippen LogP contribution in [0.3, 0.4) is 0 Å². The Balaban J connectivity index is 1.68. The molecule has 0 saturated carbocycles. The maximum absolute atomic E-state index is 4.19. The van der Waals surface area contributed by atoms with Crippen molar-refractivity contribution in [3.8, 4) is 5.69 Å². The Morgan fingerprint density at radius 1 is 1.11 bits per heavy atom. The van der Waals surface area contributed by atoms with E-state index in [-0.39, 0.29) is 0 Å². The monoisotopic (exact) mass is 238 g/mol. The zero-order chi connectivity index (χ0) is 12.2. The van der Waals surface area contributed by atoms with Gasteiger partial charge < -0.3 is 10.3 Å². The van der Waals surface area contributed by atoms with Crippen LogP contribution in [0.4, 0.5) is 5.69 Å². The minimum atomic E-state index is 0.800. The summed E-state index contributed by atoms with van der Waals surface area (Å²) in [6.45, 7) is 0.800. The van der Waals surface area contributed by atoms with Gasteiger partial charge in [0, 0.05) is 30.0 Å². The van der Waals surface area contributed by atoms with Gasteiger partial charge in [0.2, 0.25) is 0 Å². The number of benzene rings is 1. The molecule has 3 rings (SSSR count). The number of hydrogen-bond acceptors (Lipinski definition) is 2. The van der Waals surface area contributed by atoms with Crippen molar-refractivity contribution in [1.29, 1.82) is 0 Å². The van der Waals surface area contributed by atoms with Gasteiger partial charge in [-0.3, -0.25) is 0 Å². The lowest BCUT2D eigenvalue weighted by molar-refractivity contribution is 0.880. The number of aromatic amines is 1. The first-order valence-electron chi connectivity index (χ1n) is 5.88. The molecule has 0 spiro atoms. The fourth-order valence-corrected chi connectivity index (χ4v) is 1.83. The number of nitrogens with one attached hydrogen (secondary N) is 2. The van der Waals surface area contributed by atoms with Crippen LogP contribution in [0.2, 0.25) is 0 Å². The third kappa shape index (κ3) is 2.27. The Labute approximate surface area is 105 Å². The second-order valence-electron chi connectivity index (χ2n) is 4.05. The predicted molar refractivity (Wildman–Crippen MR) is 71.7 cm³/mol. The van der Waals surface area contributed by atoms with Crippen molar-refractivity contribution in [2.24, 2.45) is 0 Å². The van der Waals surface area contributed by atoms with Gasteiger partial charge in [0.05, 0.1) is 12.2 Å². The number of hydrogen-bond donors (Lipinski definition) is 2. The first-order valence-corrected chi connectivity index (χ1v) is 5.88. The minimum Gasteiger partial charge on any atom is -0.379 e. The molecule has 4 heteroatoms. The molecule has 0 fully saturated rings. The van der Waals surface area contributed by atoms with Crippen molar-refractivity contribution in [3.05, 3.63) is 66.7 Å². The molecule has 0 aliphatic carbocycles. The summed E-state index contributed by atoms with van der Waals surface area (Å²) in [6.07, 6.45) is 5.64. The fourth-order valence-electron chi connectivity index (χ4n) is 1.83. The summed E-state index contributed by atoms with van der Waals surface area (Å²) in [6, 6.07) is 14.2. The van der Waals surface area contributed by atoms with Crippen LogP contribution in [0.15, 0.2) is 61.1 Å². The van der Waals surface area contributed by atoms with Gasteiger partial charge in [-0.05, 0) is 42.5 Å². The highest BCUT2D eigenvalue weighted by Gasteiger charge is 1.97. The van der Waals surface area contributed by atoms with Crippen molar-refractivity contribution < 1.29 is 0 Å². The van der Waals surface area contributed by atoms with Crippen LogP contribution in [0.25, 0.3) is 5.69 Å². The lowest BCUT2D eigenvalue weighted by atomic mass is 10.2. The first-order chi connectivity index (χ1) is 8.92. The van der Waals surface area contributed by atoms with E-state index in [1.807, 2.05) is 41.3 Å². The third-order valence-corrected chi connectivity index (χ3v) is 2.78. The van der Waals surface area contributed by atoms with Gasteiger partial charge in [0.15, 0.2) is 0 Å². The van der Waals surface area contributed by atoms with Crippen LogP contribution in [-0.4, -0.2) is 14.8 Å². The van der Waals surface area contributed by atoms with Crippen molar-refractivity contribution in [1.82, 2.24) is 14.8 Å². The fraction of sp³-hybridized carbons (Fsp3) is 0.0714. The SMILES string of the molecule is c1c[nH]c(CNc2ccc(-n3cccn3)cc2)c1. The van der Waals surface area contributed by atoms with E-state index in [1.54, 1.807) is 6.20 Å². The number of H-pyrrole nitrogens is 1. The van der Waals surface area contributed by atoms with Gasteiger partial charge >= 0.3 is 0 Å². The molecule has 18 heavy (non-hydrogen) atoms. The Kier molecular flexibility index (Phi) is 2.84. The second kappa shape index (κ2) is 4.79. The summed E-state index contributed by atoms with van der Waals surface area (Å²) in [4.78, 5) is 3.16. The third-order valence-electron chi connectivity index (χ3n) is 2.78. The summed E-state index contributed by atoms with van der Waals surface area (Å²) in [5, 5.41) is 7.55. The Morgan fingerprint density at radius 2 is 2.00 bits per heavy atom. The Morgan fingerprint density at radius 3 is 2.67 bits per heavy atom. The first kappa shape index (κ1) is 10.7. The molecular formula is C14H14N4. The lowest BCUT2D eigenvalue weighted by Crippen LogP contribution is -2.00. The van der Waals surface area contributed by atoms with Crippen LogP contribution < -0.4 is 5.32 Å². The zero-order valence-electron chi connectivity index (χ0n) is 9.88. The number of rotatable bonds is 4. The van der Waals surface area contributed by atoms with Crippen LogP contribution in [0.1, 0.15) is 5.69 Å². The molecule has 90 valence electrons. The van der Waals surface area contributed by atoms with E-state index >= 15 is 0 Å². The maximum Gasteiger partial charge on any atom is 0.0647 e. The lowest BCUT2D eigenvalue weighted by Gasteiger charge is -2.06. The molecule has 0 atom stereocenters. The number of nitrogens with zero attached hydrogens (tertiary/aromatic N) is 2. The normalized spacial score (nSPS) is 10.4. The Bertz CT molecular complexity index is 579. The molecule has 0 amide bonds. The molecule has 0 aliphatic heterocycles. The molecule has 0 unspecified atom stereocenters. The molecule has 2 N–H and O–H groups in total. The number of anilines is 1. The van der Waals surface area contributed by atoms with E-state index in [2.05, 4.69) is 33.6 Å². The van der Waals surface area contributed by atoms with E-state index in [0.717, 1.165) is 17.9 Å². The van der Waals surface area contributed by atoms with E-state index < -0.39 is 0 Å². The van der Waals surface area contributed by atoms with E-state index in [1.165, 1.54) is 5.69 Å². The van der Waals surface area contributed by atoms with E-state index in [0.29, 0.717) is 0 Å². The van der Waals surface area contributed by atoms with Crippen LogP contribution in [0, 0.1) is 0 Å². The standard InChI is InChI=1S/C14H14N4/c1-3-13(15-8-1)11-16-12-4-6-14(7-5-12)18-10-2-9-17-18/h1-10,15-16H,11H2. The molecule has 2 heterocycles. The second-order valence-corrected chi connectivity index (χ2v) is 4.05. The van der Waals surface area contributed by atoms with Crippen LogP contribution >= 0.6 is 0 Å². The zero-order valence-corrected chi connectivity index (χ0v) is 9.88. The van der Waals surface area contributed by atoms with Gasteiger partial charge in [0.1, 0.15) is 0 Å². The molecule has 0 bridgehead atoms. The highest BCUT2D eigenvalue weighted by molar-refractivity contribution is 5.48. The summed E-state index contributed by atoms with van der Waals surface area (Å²) < 4.78 is 1.84. The highest BCUT2D eigenvalue weighted by atomic mass is 15.3. The molecular weight excluding hydrogens is 224 g/mol. The predicted octanol–water partition coefficient (Wildman–Crippen LogP) is 2.81. The maximum atomic E-state index is 4.19. The molecule has 2 aromatic heterocycles. The van der Waals surface area contributed by atoms with Gasteiger partial charge in [-0.1, -0.05) is 0 Å². The topological polar surface area (TPSA) is 45.6 Å². The summed E-state index contributed by atoms with van der Waals surface area (Å²) in [5.41, 5.74) is 3.33. The summed E-state index contributed by atoms with van der Waals surface area (Å²) in [5.74, 6) is 0. The van der Waals surface area contributed by atoms with Gasteiger partial charge in [-0.15, -0.1) is 0 Å². The van der Waals surface area contributed by atoms with Gasteiger partial charge in [-0.2, -0.15) is 5.10 Å². The summed E-state index contributed by atoms with van der Waals surface area (Å²) >= 11 is 0. The Hall–Kier alpha value is -2.49. The molecule has 4 nitrogen and oxygen atoms in total. The smallest absolute Gasteiger partial charge is 0.0647 e. The van der Waals surface area contributed by atoms with Crippen molar-refractivity contribution in [2.45, 2.75) is 6.54 Å². The largest absolute Gasteiger partial charge is 0.379 e. The van der Waals surface area contributed by atoms with Crippen molar-refractivity contribution >= 4 is 5.69 Å². The average Bonchev–Trinajstić information content (AvgIpc) is 3.10. The molecule has 0 radical (unpaired) electrons. The highest BCUT2D eigenvalue weighted by Crippen LogP contribution is 2.13. The van der Waals surface area contributed by atoms with E-state index in [9.17, 15) is 0 Å². The number of aromatic nitrogens is 3. The molecule has 3 aromatic rings. The van der Waals surface area contributed by atoms with Crippen molar-refractivity contribution in [3.63, 3.8) is 0 Å². The van der Waals surface area contributed by atoms with E-state index in [4.69, 9.17) is 0 Å². The summed E-state index contributed by atoms with van der Waals surface area (Å²) in [7, 11) is 0. The minimum absolute atomic E-state index is 0.800. The average molecular weight is 238 g/mol. The van der Waals surface area contributed by atoms with Crippen LogP contribution in [-0.2, 0) is 6.54 Å². The molecule has 1 aromatic carbocycles. The van der Waals surface area contributed by atoms with Crippen LogP contribution in [0.5, 0.6) is 0 Å². The molecule has 0 aliphatic rings. The quantitative estimate of drug-likeness (QED) is 0.734. The molecule has 0 saturated heterocycles. The van der Waals surface area contributed by atoms with Gasteiger partial charge in [-0.25, -0.2) is 4.68 Å². The van der Waals surface area contributed by atoms with Gasteiger partial charge in [0.25, 0.3) is 0 Å².